The maximum absolute atomic E-state index is 11.8. The van der Waals surface area contributed by atoms with Gasteiger partial charge in [0.1, 0.15) is 42.7 Å². The molecule has 0 unspecified atom stereocenters. The van der Waals surface area contributed by atoms with E-state index in [2.05, 4.69) is 33.8 Å². The molecule has 52 heavy (non-hydrogen) atoms. The fraction of sp³-hybridized carbons (Fsp3) is 0.949. The van der Waals surface area contributed by atoms with E-state index in [9.17, 15) is 35.7 Å². The molecule has 4 saturated heterocycles. The molecule has 296 valence electrons. The van der Waals surface area contributed by atoms with E-state index in [0.29, 0.717) is 48.3 Å². The zero-order chi connectivity index (χ0) is 37.1. The van der Waals surface area contributed by atoms with E-state index in [1.807, 2.05) is 0 Å². The van der Waals surface area contributed by atoms with Crippen molar-refractivity contribution in [3.05, 3.63) is 11.6 Å². The van der Waals surface area contributed by atoms with Crippen LogP contribution >= 0.6 is 0 Å². The molecule has 13 heteroatoms. The molecule has 8 aliphatic rings. The van der Waals surface area contributed by atoms with E-state index in [4.69, 9.17) is 28.4 Å². The number of allylic oxidation sites excluding steroid dienone is 1. The van der Waals surface area contributed by atoms with Crippen LogP contribution in [0.25, 0.3) is 0 Å². The first-order chi connectivity index (χ1) is 24.6. The summed E-state index contributed by atoms with van der Waals surface area (Å²) in [5, 5.41) is 74.7. The summed E-state index contributed by atoms with van der Waals surface area (Å²) in [4.78, 5) is 0. The Balaban J connectivity index is 0.984. The third-order valence-electron chi connectivity index (χ3n) is 15.6. The molecule has 3 saturated carbocycles. The Labute approximate surface area is 306 Å². The van der Waals surface area contributed by atoms with Gasteiger partial charge in [-0.3, -0.25) is 0 Å². The average molecular weight is 739 g/mol. The molecule has 4 aliphatic heterocycles. The highest BCUT2D eigenvalue weighted by atomic mass is 16.8. The van der Waals surface area contributed by atoms with Gasteiger partial charge in [-0.2, -0.15) is 0 Å². The molecule has 0 radical (unpaired) electrons. The van der Waals surface area contributed by atoms with Gasteiger partial charge in [-0.05, 0) is 92.3 Å². The molecule has 0 amide bonds. The zero-order valence-electron chi connectivity index (χ0n) is 31.2. The van der Waals surface area contributed by atoms with Gasteiger partial charge in [-0.1, -0.05) is 39.3 Å². The van der Waals surface area contributed by atoms with Gasteiger partial charge in [0.15, 0.2) is 18.4 Å². The molecular weight excluding hydrogens is 676 g/mol. The number of hydrogen-bond acceptors (Lipinski definition) is 13. The highest BCUT2D eigenvalue weighted by Crippen LogP contribution is 2.70. The van der Waals surface area contributed by atoms with E-state index in [1.165, 1.54) is 12.5 Å². The highest BCUT2D eigenvalue weighted by Gasteiger charge is 2.69. The average Bonchev–Trinajstić information content (AvgIpc) is 3.56. The van der Waals surface area contributed by atoms with Gasteiger partial charge < -0.3 is 64.2 Å². The summed E-state index contributed by atoms with van der Waals surface area (Å²) in [6.45, 7) is 11.1. The minimum atomic E-state index is -1.66. The van der Waals surface area contributed by atoms with Crippen LogP contribution in [0.4, 0.5) is 0 Å². The van der Waals surface area contributed by atoms with Gasteiger partial charge in [0.05, 0.1) is 37.6 Å². The van der Waals surface area contributed by atoms with E-state index in [-0.39, 0.29) is 16.9 Å². The summed E-state index contributed by atoms with van der Waals surface area (Å²) in [5.74, 6) is 2.37. The lowest BCUT2D eigenvalue weighted by Crippen LogP contribution is -2.64. The van der Waals surface area contributed by atoms with E-state index in [1.54, 1.807) is 0 Å². The molecule has 13 nitrogen and oxygen atoms in total. The smallest absolute Gasteiger partial charge is 0.187 e. The third kappa shape index (κ3) is 5.82. The van der Waals surface area contributed by atoms with Crippen LogP contribution in [0.15, 0.2) is 11.6 Å². The van der Waals surface area contributed by atoms with Gasteiger partial charge in [0.2, 0.25) is 0 Å². The zero-order valence-corrected chi connectivity index (χ0v) is 31.2. The summed E-state index contributed by atoms with van der Waals surface area (Å²) in [7, 11) is 0. The van der Waals surface area contributed by atoms with Gasteiger partial charge >= 0.3 is 0 Å². The first kappa shape index (κ1) is 38.1. The van der Waals surface area contributed by atoms with Crippen LogP contribution in [0.5, 0.6) is 0 Å². The molecule has 0 bridgehead atoms. The van der Waals surface area contributed by atoms with Gasteiger partial charge in [-0.15, -0.1) is 0 Å². The SMILES string of the molecule is C[C@@H]1CC[C@@]2(OC1)O[C@H]1C[C@H]3[C@@H]4CC=C5C[C@@H](O[C@@H]6O[C@H](CO)[C@@H](O)[C@H](O)[C@H]6O[C@@H]6O[C@@H](C)[C@H](O)[C@@H](O)[C@H]6O)[C@H](O)C[C@]5(C)[C@H]4CC[C@]3(C)[C@H]1[C@@H]2C. The summed E-state index contributed by atoms with van der Waals surface area (Å²) < 4.78 is 37.3. The quantitative estimate of drug-likeness (QED) is 0.200. The van der Waals surface area contributed by atoms with Crippen molar-refractivity contribution < 1.29 is 64.2 Å². The van der Waals surface area contributed by atoms with Crippen LogP contribution in [0.1, 0.15) is 86.0 Å². The largest absolute Gasteiger partial charge is 0.394 e. The van der Waals surface area contributed by atoms with Crippen molar-refractivity contribution in [3.63, 3.8) is 0 Å². The van der Waals surface area contributed by atoms with Crippen LogP contribution in [0.3, 0.4) is 0 Å². The first-order valence-corrected chi connectivity index (χ1v) is 19.9. The number of hydrogen-bond donors (Lipinski definition) is 7. The maximum Gasteiger partial charge on any atom is 0.187 e. The Morgan fingerprint density at radius 1 is 0.846 bits per heavy atom. The second kappa shape index (κ2) is 13.7. The topological polar surface area (TPSA) is 197 Å². The summed E-state index contributed by atoms with van der Waals surface area (Å²) >= 11 is 0. The van der Waals surface area contributed by atoms with Gasteiger partial charge in [-0.25, -0.2) is 0 Å². The lowest BCUT2D eigenvalue weighted by Gasteiger charge is -2.59. The van der Waals surface area contributed by atoms with E-state index >= 15 is 0 Å². The van der Waals surface area contributed by atoms with Crippen LogP contribution in [-0.4, -0.2) is 134 Å². The fourth-order valence-electron chi connectivity index (χ4n) is 12.6. The first-order valence-electron chi connectivity index (χ1n) is 19.9. The standard InChI is InChI=1S/C39H62O13/c1-17-8-11-39(47-16-17)18(2)28-26(52-39)13-23-21-7-6-20-12-25(24(41)14-38(20,5)22(21)9-10-37(23,28)4)49-36-34(32(45)30(43)27(15-40)50-36)51-35-33(46)31(44)29(42)19(3)48-35/h6,17-19,21-36,40-46H,7-16H2,1-5H3/t17-,18+,19+,21-,22+,23+,24-,25-,26+,27-,28+,29+,30-,31-,32+,33-,34-,35+,36-,37+,38+,39-/m1/s1. The van der Waals surface area contributed by atoms with E-state index in [0.717, 1.165) is 45.1 Å². The molecule has 8 rings (SSSR count). The van der Waals surface area contributed by atoms with Crippen molar-refractivity contribution in [2.75, 3.05) is 13.2 Å². The second-order valence-corrected chi connectivity index (χ2v) is 18.4. The van der Waals surface area contributed by atoms with Gasteiger partial charge in [0.25, 0.3) is 0 Å². The second-order valence-electron chi connectivity index (χ2n) is 18.4. The summed E-state index contributed by atoms with van der Waals surface area (Å²) in [6, 6.07) is 0. The van der Waals surface area contributed by atoms with Crippen molar-refractivity contribution in [3.8, 4) is 0 Å². The fourth-order valence-corrected chi connectivity index (χ4v) is 12.6. The predicted octanol–water partition coefficient (Wildman–Crippen LogP) is 1.36. The van der Waals surface area contributed by atoms with Crippen molar-refractivity contribution in [1.82, 2.24) is 0 Å². The Morgan fingerprint density at radius 3 is 2.33 bits per heavy atom. The Hall–Kier alpha value is -0.780. The minimum absolute atomic E-state index is 0.172. The number of ether oxygens (including phenoxy) is 6. The molecule has 7 N–H and O–H groups in total. The minimum Gasteiger partial charge on any atom is -0.394 e. The normalized spacial score (nSPS) is 58.9. The lowest BCUT2D eigenvalue weighted by atomic mass is 9.46. The van der Waals surface area contributed by atoms with Crippen molar-refractivity contribution in [1.29, 1.82) is 0 Å². The number of rotatable bonds is 5. The number of fused-ring (bicyclic) bond motifs is 7. The molecule has 0 aromatic rings. The molecule has 4 aliphatic carbocycles. The summed E-state index contributed by atoms with van der Waals surface area (Å²) in [5.41, 5.74) is 1.19. The van der Waals surface area contributed by atoms with Crippen molar-refractivity contribution >= 4 is 0 Å². The molecule has 22 atom stereocenters. The Kier molecular flexibility index (Phi) is 10.0. The molecule has 0 aromatic heterocycles. The maximum atomic E-state index is 11.8. The molecule has 7 fully saturated rings. The predicted molar refractivity (Wildman–Crippen MR) is 183 cm³/mol. The van der Waals surface area contributed by atoms with Crippen molar-refractivity contribution in [2.24, 2.45) is 46.3 Å². The van der Waals surface area contributed by atoms with Crippen LogP contribution in [-0.2, 0) is 28.4 Å². The van der Waals surface area contributed by atoms with Crippen LogP contribution in [0.2, 0.25) is 0 Å². The van der Waals surface area contributed by atoms with Gasteiger partial charge in [0, 0.05) is 12.3 Å². The monoisotopic (exact) mass is 738 g/mol. The molecule has 1 spiro atoms. The van der Waals surface area contributed by atoms with Crippen LogP contribution in [0, 0.1) is 46.3 Å². The third-order valence-corrected chi connectivity index (χ3v) is 15.6. The van der Waals surface area contributed by atoms with E-state index < -0.39 is 86.0 Å². The Bertz CT molecular complexity index is 1340. The van der Waals surface area contributed by atoms with Crippen LogP contribution < -0.4 is 0 Å². The van der Waals surface area contributed by atoms with Crippen molar-refractivity contribution in [2.45, 2.75) is 171 Å². The Morgan fingerprint density at radius 2 is 1.62 bits per heavy atom. The molecule has 0 aromatic carbocycles. The molecule has 4 heterocycles. The number of aliphatic hydroxyl groups excluding tert-OH is 7. The molecular formula is C39H62O13. The highest BCUT2D eigenvalue weighted by molar-refractivity contribution is 5.27. The summed E-state index contributed by atoms with van der Waals surface area (Å²) in [6.07, 6.45) is -5.90. The number of aliphatic hydroxyl groups is 7. The lowest BCUT2D eigenvalue weighted by molar-refractivity contribution is -0.372.